The number of nitrogens with zero attached hydrogens (tertiary/aromatic N) is 1. The van der Waals surface area contributed by atoms with Gasteiger partial charge in [0.2, 0.25) is 0 Å². The Balaban J connectivity index is 2.10. The molecular weight excluding hydrogens is 417 g/mol. The van der Waals surface area contributed by atoms with E-state index in [-0.39, 0.29) is 22.0 Å². The van der Waals surface area contributed by atoms with Crippen molar-refractivity contribution in [1.29, 1.82) is 0 Å². The summed E-state index contributed by atoms with van der Waals surface area (Å²) in [6, 6.07) is 16.7. The molecule has 0 aliphatic carbocycles. The quantitative estimate of drug-likeness (QED) is 0.530. The Morgan fingerprint density at radius 2 is 1.45 bits per heavy atom. The predicted octanol–water partition coefficient (Wildman–Crippen LogP) is 4.89. The highest BCUT2D eigenvalue weighted by Crippen LogP contribution is 2.31. The summed E-state index contributed by atoms with van der Waals surface area (Å²) >= 11 is 6.15. The largest absolute Gasteiger partial charge is 0.497 e. The second-order valence-electron chi connectivity index (χ2n) is 6.09. The number of hydrogen-bond acceptors (Lipinski definition) is 4. The van der Waals surface area contributed by atoms with Gasteiger partial charge in [-0.15, -0.1) is 0 Å². The zero-order valence-electron chi connectivity index (χ0n) is 15.8. The van der Waals surface area contributed by atoms with E-state index in [0.29, 0.717) is 17.2 Å². The van der Waals surface area contributed by atoms with Gasteiger partial charge in [0.05, 0.1) is 31.3 Å². The summed E-state index contributed by atoms with van der Waals surface area (Å²) in [5, 5.41) is 0.147. The third-order valence-corrected chi connectivity index (χ3v) is 6.51. The first kappa shape index (κ1) is 21.0. The minimum Gasteiger partial charge on any atom is -0.497 e. The average molecular weight is 436 g/mol. The molecule has 0 N–H and O–H groups in total. The van der Waals surface area contributed by atoms with E-state index in [4.69, 9.17) is 21.1 Å². The third-order valence-electron chi connectivity index (χ3n) is 4.37. The Bertz CT molecular complexity index is 1070. The fourth-order valence-corrected chi connectivity index (χ4v) is 4.42. The summed E-state index contributed by atoms with van der Waals surface area (Å²) in [5.74, 6) is 0.512. The molecule has 0 atom stereocenters. The number of anilines is 1. The summed E-state index contributed by atoms with van der Waals surface area (Å²) in [6.07, 6.45) is 0. The van der Waals surface area contributed by atoms with Crippen molar-refractivity contribution >= 4 is 27.3 Å². The molecule has 0 unspecified atom stereocenters. The SMILES string of the molecule is COc1ccc(N(Cc2c(F)cccc2Cl)S(=O)(=O)c2ccc(OC)cc2)cc1. The van der Waals surface area contributed by atoms with E-state index in [2.05, 4.69) is 0 Å². The number of hydrogen-bond donors (Lipinski definition) is 0. The first-order chi connectivity index (χ1) is 13.9. The summed E-state index contributed by atoms with van der Waals surface area (Å²) in [7, 11) is -1.01. The molecule has 0 amide bonds. The summed E-state index contributed by atoms with van der Waals surface area (Å²) in [4.78, 5) is 0.0431. The fourth-order valence-electron chi connectivity index (χ4n) is 2.77. The molecule has 0 aliphatic rings. The van der Waals surface area contributed by atoms with Crippen LogP contribution >= 0.6 is 11.6 Å². The van der Waals surface area contributed by atoms with Crippen LogP contribution in [0, 0.1) is 5.82 Å². The van der Waals surface area contributed by atoms with Gasteiger partial charge in [0, 0.05) is 10.6 Å². The Kier molecular flexibility index (Phi) is 6.30. The van der Waals surface area contributed by atoms with Crippen LogP contribution in [0.1, 0.15) is 5.56 Å². The van der Waals surface area contributed by atoms with Crippen LogP contribution in [0.4, 0.5) is 10.1 Å². The van der Waals surface area contributed by atoms with E-state index in [1.54, 1.807) is 36.4 Å². The highest BCUT2D eigenvalue weighted by Gasteiger charge is 2.27. The van der Waals surface area contributed by atoms with E-state index in [1.807, 2.05) is 0 Å². The lowest BCUT2D eigenvalue weighted by molar-refractivity contribution is 0.414. The van der Waals surface area contributed by atoms with Gasteiger partial charge in [-0.3, -0.25) is 4.31 Å². The first-order valence-electron chi connectivity index (χ1n) is 8.60. The van der Waals surface area contributed by atoms with E-state index in [0.717, 1.165) is 4.31 Å². The average Bonchev–Trinajstić information content (AvgIpc) is 2.73. The van der Waals surface area contributed by atoms with Crippen LogP contribution in [0.3, 0.4) is 0 Å². The molecule has 3 rings (SSSR count). The summed E-state index contributed by atoms with van der Waals surface area (Å²) < 4.78 is 52.5. The van der Waals surface area contributed by atoms with Gasteiger partial charge in [-0.2, -0.15) is 0 Å². The van der Waals surface area contributed by atoms with Gasteiger partial charge in [0.15, 0.2) is 0 Å². The third kappa shape index (κ3) is 4.46. The van der Waals surface area contributed by atoms with Crippen molar-refractivity contribution in [3.8, 4) is 11.5 Å². The lowest BCUT2D eigenvalue weighted by Gasteiger charge is -2.25. The summed E-state index contributed by atoms with van der Waals surface area (Å²) in [6.45, 7) is -0.272. The molecule has 0 spiro atoms. The van der Waals surface area contributed by atoms with Crippen molar-refractivity contribution < 1.29 is 22.3 Å². The van der Waals surface area contributed by atoms with Gasteiger partial charge in [0.25, 0.3) is 10.0 Å². The Labute approximate surface area is 174 Å². The number of rotatable bonds is 7. The van der Waals surface area contributed by atoms with Crippen LogP contribution in [-0.4, -0.2) is 22.6 Å². The van der Waals surface area contributed by atoms with Gasteiger partial charge < -0.3 is 9.47 Å². The smallest absolute Gasteiger partial charge is 0.264 e. The minimum atomic E-state index is -4.02. The maximum Gasteiger partial charge on any atom is 0.264 e. The van der Waals surface area contributed by atoms with Gasteiger partial charge >= 0.3 is 0 Å². The number of ether oxygens (including phenoxy) is 2. The molecule has 0 heterocycles. The molecule has 0 saturated heterocycles. The lowest BCUT2D eigenvalue weighted by atomic mass is 10.2. The molecule has 3 aromatic rings. The van der Waals surface area contributed by atoms with Gasteiger partial charge in [-0.25, -0.2) is 12.8 Å². The lowest BCUT2D eigenvalue weighted by Crippen LogP contribution is -2.31. The molecule has 0 aromatic heterocycles. The molecule has 5 nitrogen and oxygen atoms in total. The number of halogens is 2. The Morgan fingerprint density at radius 1 is 0.897 bits per heavy atom. The topological polar surface area (TPSA) is 55.8 Å². The molecule has 0 radical (unpaired) electrons. The van der Waals surface area contributed by atoms with Gasteiger partial charge in [0.1, 0.15) is 17.3 Å². The molecule has 29 heavy (non-hydrogen) atoms. The van der Waals surface area contributed by atoms with E-state index in [1.165, 1.54) is 44.6 Å². The van der Waals surface area contributed by atoms with Crippen molar-refractivity contribution in [2.45, 2.75) is 11.4 Å². The van der Waals surface area contributed by atoms with Gasteiger partial charge in [-0.1, -0.05) is 17.7 Å². The van der Waals surface area contributed by atoms with Crippen LogP contribution in [0.15, 0.2) is 71.6 Å². The number of benzene rings is 3. The van der Waals surface area contributed by atoms with Crippen molar-refractivity contribution in [3.63, 3.8) is 0 Å². The van der Waals surface area contributed by atoms with E-state index < -0.39 is 15.8 Å². The normalized spacial score (nSPS) is 11.2. The fraction of sp³-hybridized carbons (Fsp3) is 0.143. The molecule has 0 bridgehead atoms. The Morgan fingerprint density at radius 3 is 1.97 bits per heavy atom. The van der Waals surface area contributed by atoms with Gasteiger partial charge in [-0.05, 0) is 60.7 Å². The highest BCUT2D eigenvalue weighted by molar-refractivity contribution is 7.92. The van der Waals surface area contributed by atoms with Crippen molar-refractivity contribution in [2.75, 3.05) is 18.5 Å². The summed E-state index contributed by atoms with van der Waals surface area (Å²) in [5.41, 5.74) is 0.433. The number of methoxy groups -OCH3 is 2. The van der Waals surface area contributed by atoms with Crippen LogP contribution in [0.25, 0.3) is 0 Å². The van der Waals surface area contributed by atoms with Crippen molar-refractivity contribution in [1.82, 2.24) is 0 Å². The second-order valence-corrected chi connectivity index (χ2v) is 8.35. The number of sulfonamides is 1. The Hall–Kier alpha value is -2.77. The second kappa shape index (κ2) is 8.71. The minimum absolute atomic E-state index is 0.0431. The van der Waals surface area contributed by atoms with E-state index in [9.17, 15) is 12.8 Å². The van der Waals surface area contributed by atoms with Crippen LogP contribution in [-0.2, 0) is 16.6 Å². The zero-order valence-corrected chi connectivity index (χ0v) is 17.4. The first-order valence-corrected chi connectivity index (χ1v) is 10.4. The van der Waals surface area contributed by atoms with Crippen molar-refractivity contribution in [3.05, 3.63) is 83.1 Å². The standard InChI is InChI=1S/C21H19ClFNO4S/c1-27-16-8-6-15(7-9-16)24(14-19-20(22)4-3-5-21(19)23)29(25,26)18-12-10-17(28-2)11-13-18/h3-13H,14H2,1-2H3. The van der Waals surface area contributed by atoms with Crippen molar-refractivity contribution in [2.24, 2.45) is 0 Å². The van der Waals surface area contributed by atoms with Crippen LogP contribution in [0.5, 0.6) is 11.5 Å². The molecule has 152 valence electrons. The molecular formula is C21H19ClFNO4S. The molecule has 0 fully saturated rings. The maximum absolute atomic E-state index is 14.4. The van der Waals surface area contributed by atoms with E-state index >= 15 is 0 Å². The molecule has 0 aliphatic heterocycles. The molecule has 0 saturated carbocycles. The highest BCUT2D eigenvalue weighted by atomic mass is 35.5. The molecule has 8 heteroatoms. The van der Waals surface area contributed by atoms with Crippen LogP contribution in [0.2, 0.25) is 5.02 Å². The molecule has 3 aromatic carbocycles. The zero-order chi connectivity index (χ0) is 21.0. The monoisotopic (exact) mass is 435 g/mol. The maximum atomic E-state index is 14.4. The predicted molar refractivity (Wildman–Crippen MR) is 111 cm³/mol. The van der Waals surface area contributed by atoms with Crippen LogP contribution < -0.4 is 13.8 Å².